The Morgan fingerprint density at radius 1 is 1.03 bits per heavy atom. The highest BCUT2D eigenvalue weighted by molar-refractivity contribution is 7.89. The van der Waals surface area contributed by atoms with E-state index in [-0.39, 0.29) is 4.90 Å². The smallest absolute Gasteiger partial charge is 0.338 e. The van der Waals surface area contributed by atoms with Crippen molar-refractivity contribution in [3.05, 3.63) is 54.1 Å². The predicted molar refractivity (Wildman–Crippen MR) is 120 cm³/mol. The average molecular weight is 462 g/mol. The number of nitrogens with zero attached hydrogens (tertiary/aromatic N) is 2. The first kappa shape index (κ1) is 23.7. The molecule has 1 unspecified atom stereocenters. The number of rotatable bonds is 7. The second-order valence-electron chi connectivity index (χ2n) is 7.52. The molecule has 1 aliphatic heterocycles. The summed E-state index contributed by atoms with van der Waals surface area (Å²) in [6.07, 6.45) is -1.03. The summed E-state index contributed by atoms with van der Waals surface area (Å²) in [6.45, 7) is 2.81. The summed E-state index contributed by atoms with van der Waals surface area (Å²) in [5.74, 6) is -1.13. The Hall–Kier alpha value is -2.95. The Bertz CT molecular complexity index is 1050. The van der Waals surface area contributed by atoms with Crippen molar-refractivity contribution < 1.29 is 27.5 Å². The molecule has 10 heteroatoms. The number of morpholine rings is 1. The Morgan fingerprint density at radius 2 is 1.62 bits per heavy atom. The lowest BCUT2D eigenvalue weighted by Crippen LogP contribution is -2.40. The van der Waals surface area contributed by atoms with Gasteiger partial charge in [0.25, 0.3) is 5.91 Å². The number of anilines is 2. The van der Waals surface area contributed by atoms with E-state index in [1.54, 1.807) is 24.3 Å². The van der Waals surface area contributed by atoms with Gasteiger partial charge in [-0.1, -0.05) is 0 Å². The molecule has 0 saturated carbocycles. The number of sulfonamides is 1. The maximum atomic E-state index is 12.7. The summed E-state index contributed by atoms with van der Waals surface area (Å²) < 4.78 is 37.1. The highest BCUT2D eigenvalue weighted by atomic mass is 32.2. The largest absolute Gasteiger partial charge is 0.449 e. The minimum atomic E-state index is -3.61. The summed E-state index contributed by atoms with van der Waals surface area (Å²) in [6, 6.07) is 12.7. The van der Waals surface area contributed by atoms with Gasteiger partial charge in [0.05, 0.1) is 23.7 Å². The average Bonchev–Trinajstić information content (AvgIpc) is 2.80. The van der Waals surface area contributed by atoms with Crippen LogP contribution in [0.2, 0.25) is 0 Å². The van der Waals surface area contributed by atoms with E-state index in [4.69, 9.17) is 9.47 Å². The van der Waals surface area contributed by atoms with Crippen LogP contribution in [-0.2, 0) is 24.3 Å². The fourth-order valence-corrected chi connectivity index (χ4v) is 4.48. The molecule has 0 aliphatic carbocycles. The Kier molecular flexibility index (Phi) is 7.49. The van der Waals surface area contributed by atoms with Crippen LogP contribution in [0.5, 0.6) is 0 Å². The molecule has 0 spiro atoms. The number of nitrogens with one attached hydrogen (secondary N) is 1. The summed E-state index contributed by atoms with van der Waals surface area (Å²) >= 11 is 0. The zero-order chi connectivity index (χ0) is 23.3. The molecular weight excluding hydrogens is 434 g/mol. The molecule has 9 nitrogen and oxygen atoms in total. The Balaban J connectivity index is 1.58. The monoisotopic (exact) mass is 461 g/mol. The zero-order valence-electron chi connectivity index (χ0n) is 18.3. The van der Waals surface area contributed by atoms with Gasteiger partial charge in [0.2, 0.25) is 10.0 Å². The van der Waals surface area contributed by atoms with Crippen LogP contribution in [0.3, 0.4) is 0 Å². The number of hydrogen-bond donors (Lipinski definition) is 1. The topological polar surface area (TPSA) is 105 Å². The molecule has 0 bridgehead atoms. The molecule has 3 rings (SSSR count). The first-order valence-electron chi connectivity index (χ1n) is 10.2. The minimum Gasteiger partial charge on any atom is -0.449 e. The maximum absolute atomic E-state index is 12.7. The Morgan fingerprint density at radius 3 is 2.19 bits per heavy atom. The van der Waals surface area contributed by atoms with Crippen molar-refractivity contribution in [2.45, 2.75) is 17.9 Å². The van der Waals surface area contributed by atoms with Gasteiger partial charge in [-0.15, -0.1) is 0 Å². The van der Waals surface area contributed by atoms with Gasteiger partial charge in [0, 0.05) is 38.6 Å². The third kappa shape index (κ3) is 5.64. The number of esters is 1. The number of hydrogen-bond acceptors (Lipinski definition) is 7. The van der Waals surface area contributed by atoms with Crippen molar-refractivity contribution in [3.8, 4) is 0 Å². The highest BCUT2D eigenvalue weighted by Crippen LogP contribution is 2.20. The molecule has 2 aromatic carbocycles. The second kappa shape index (κ2) is 10.1. The molecule has 1 fully saturated rings. The number of amides is 1. The van der Waals surface area contributed by atoms with E-state index in [0.717, 1.165) is 5.69 Å². The summed E-state index contributed by atoms with van der Waals surface area (Å²) in [5.41, 5.74) is 1.67. The molecule has 172 valence electrons. The molecule has 1 saturated heterocycles. The van der Waals surface area contributed by atoms with Crippen molar-refractivity contribution in [2.75, 3.05) is 50.6 Å². The van der Waals surface area contributed by atoms with Gasteiger partial charge >= 0.3 is 5.97 Å². The standard InChI is InChI=1S/C22H27N3O6S/c1-16(31-22(27)17-4-8-19(9-5-17)24(2)3)21(26)23-18-6-10-20(11-7-18)32(28,29)25-12-14-30-15-13-25/h4-11,16H,12-15H2,1-3H3,(H,23,26). The normalized spacial score (nSPS) is 15.6. The van der Waals surface area contributed by atoms with Crippen LogP contribution in [0.1, 0.15) is 17.3 Å². The maximum Gasteiger partial charge on any atom is 0.338 e. The van der Waals surface area contributed by atoms with Crippen LogP contribution in [0.15, 0.2) is 53.4 Å². The lowest BCUT2D eigenvalue weighted by molar-refractivity contribution is -0.123. The predicted octanol–water partition coefficient (Wildman–Crippen LogP) is 1.96. The zero-order valence-corrected chi connectivity index (χ0v) is 19.1. The molecule has 0 aromatic heterocycles. The molecule has 0 radical (unpaired) electrons. The van der Waals surface area contributed by atoms with Gasteiger partial charge in [0.1, 0.15) is 0 Å². The summed E-state index contributed by atoms with van der Waals surface area (Å²) in [7, 11) is 0.176. The van der Waals surface area contributed by atoms with Crippen LogP contribution < -0.4 is 10.2 Å². The van der Waals surface area contributed by atoms with Gasteiger partial charge in [-0.3, -0.25) is 4.79 Å². The van der Waals surface area contributed by atoms with E-state index < -0.39 is 28.0 Å². The van der Waals surface area contributed by atoms with E-state index in [2.05, 4.69) is 5.32 Å². The van der Waals surface area contributed by atoms with E-state index in [1.165, 1.54) is 35.5 Å². The van der Waals surface area contributed by atoms with E-state index >= 15 is 0 Å². The van der Waals surface area contributed by atoms with Gasteiger partial charge in [-0.25, -0.2) is 13.2 Å². The SMILES string of the molecule is CC(OC(=O)c1ccc(N(C)C)cc1)C(=O)Nc1ccc(S(=O)(=O)N2CCOCC2)cc1. The van der Waals surface area contributed by atoms with Gasteiger partial charge < -0.3 is 19.7 Å². The van der Waals surface area contributed by atoms with Crippen molar-refractivity contribution in [1.82, 2.24) is 4.31 Å². The number of benzene rings is 2. The summed E-state index contributed by atoms with van der Waals surface area (Å²) in [4.78, 5) is 26.8. The molecule has 1 N–H and O–H groups in total. The number of carbonyl (C=O) groups is 2. The number of ether oxygens (including phenoxy) is 2. The molecule has 1 aliphatic rings. The van der Waals surface area contributed by atoms with E-state index in [9.17, 15) is 18.0 Å². The van der Waals surface area contributed by atoms with Crippen molar-refractivity contribution >= 4 is 33.3 Å². The lowest BCUT2D eigenvalue weighted by atomic mass is 10.2. The van der Waals surface area contributed by atoms with Gasteiger partial charge in [0.15, 0.2) is 6.10 Å². The van der Waals surface area contributed by atoms with Gasteiger partial charge in [-0.2, -0.15) is 4.31 Å². The van der Waals surface area contributed by atoms with Crippen LogP contribution in [-0.4, -0.2) is 71.1 Å². The number of carbonyl (C=O) groups excluding carboxylic acids is 2. The molecule has 1 atom stereocenters. The molecule has 2 aromatic rings. The fourth-order valence-electron chi connectivity index (χ4n) is 3.07. The lowest BCUT2D eigenvalue weighted by Gasteiger charge is -2.26. The quantitative estimate of drug-likeness (QED) is 0.629. The molecular formula is C22H27N3O6S. The first-order valence-corrected chi connectivity index (χ1v) is 11.6. The molecule has 32 heavy (non-hydrogen) atoms. The fraction of sp³-hybridized carbons (Fsp3) is 0.364. The molecule has 1 amide bonds. The Labute approximate surface area is 188 Å². The van der Waals surface area contributed by atoms with Gasteiger partial charge in [-0.05, 0) is 55.5 Å². The van der Waals surface area contributed by atoms with Crippen molar-refractivity contribution in [1.29, 1.82) is 0 Å². The van der Waals surface area contributed by atoms with Crippen molar-refractivity contribution in [3.63, 3.8) is 0 Å². The van der Waals surface area contributed by atoms with Crippen LogP contribution >= 0.6 is 0 Å². The first-order chi connectivity index (χ1) is 15.2. The van der Waals surface area contributed by atoms with E-state index in [1.807, 2.05) is 19.0 Å². The third-order valence-electron chi connectivity index (χ3n) is 5.00. The van der Waals surface area contributed by atoms with Crippen molar-refractivity contribution in [2.24, 2.45) is 0 Å². The third-order valence-corrected chi connectivity index (χ3v) is 6.91. The summed E-state index contributed by atoms with van der Waals surface area (Å²) in [5, 5.41) is 2.63. The minimum absolute atomic E-state index is 0.137. The molecule has 1 heterocycles. The second-order valence-corrected chi connectivity index (χ2v) is 9.46. The van der Waals surface area contributed by atoms with Crippen LogP contribution in [0.4, 0.5) is 11.4 Å². The highest BCUT2D eigenvalue weighted by Gasteiger charge is 2.26. The van der Waals surface area contributed by atoms with Crippen LogP contribution in [0, 0.1) is 0 Å². The van der Waals surface area contributed by atoms with Crippen LogP contribution in [0.25, 0.3) is 0 Å². The van der Waals surface area contributed by atoms with E-state index in [0.29, 0.717) is 37.6 Å².